The number of halogens is 2. The number of hydrogen-bond donors (Lipinski definition) is 1. The molecule has 0 saturated carbocycles. The van der Waals surface area contributed by atoms with E-state index in [1.54, 1.807) is 19.1 Å². The second kappa shape index (κ2) is 7.88. The lowest BCUT2D eigenvalue weighted by Crippen LogP contribution is -2.14. The molecule has 0 radical (unpaired) electrons. The molecule has 0 aliphatic rings. The molecular formula is C16H19ClFNO. The van der Waals surface area contributed by atoms with Gasteiger partial charge in [-0.2, -0.15) is 0 Å². The van der Waals surface area contributed by atoms with Gasteiger partial charge in [0.2, 0.25) is 0 Å². The summed E-state index contributed by atoms with van der Waals surface area (Å²) in [6.07, 6.45) is 0.694. The molecule has 2 nitrogen and oxygen atoms in total. The van der Waals surface area contributed by atoms with Crippen LogP contribution in [0.5, 0.6) is 5.75 Å². The lowest BCUT2D eigenvalue weighted by molar-refractivity contribution is 0.298. The van der Waals surface area contributed by atoms with Crippen LogP contribution in [0.1, 0.15) is 23.6 Å². The molecule has 108 valence electrons. The highest BCUT2D eigenvalue weighted by molar-refractivity contribution is 5.85. The molecule has 4 heteroatoms. The quantitative estimate of drug-likeness (QED) is 0.904. The van der Waals surface area contributed by atoms with Gasteiger partial charge in [-0.05, 0) is 36.2 Å². The summed E-state index contributed by atoms with van der Waals surface area (Å²) in [6, 6.07) is 14.5. The number of nitrogens with two attached hydrogens (primary N) is 1. The molecule has 20 heavy (non-hydrogen) atoms. The second-order valence-corrected chi connectivity index (χ2v) is 4.57. The van der Waals surface area contributed by atoms with E-state index in [2.05, 4.69) is 0 Å². The molecule has 0 aromatic heterocycles. The Labute approximate surface area is 125 Å². The van der Waals surface area contributed by atoms with E-state index in [0.717, 1.165) is 11.3 Å². The average Bonchev–Trinajstić information content (AvgIpc) is 2.43. The SMILES string of the molecule is Cc1cc(C(N)CCOc2ccccc2)ccc1F.Cl. The van der Waals surface area contributed by atoms with Crippen molar-refractivity contribution < 1.29 is 9.13 Å². The molecule has 0 bridgehead atoms. The van der Waals surface area contributed by atoms with Crippen LogP contribution in [0.25, 0.3) is 0 Å². The third-order valence-corrected chi connectivity index (χ3v) is 3.05. The Morgan fingerprint density at radius 3 is 2.50 bits per heavy atom. The molecular weight excluding hydrogens is 277 g/mol. The fourth-order valence-electron chi connectivity index (χ4n) is 1.89. The lowest BCUT2D eigenvalue weighted by Gasteiger charge is -2.13. The number of para-hydroxylation sites is 1. The molecule has 0 spiro atoms. The van der Waals surface area contributed by atoms with Gasteiger partial charge in [0.25, 0.3) is 0 Å². The van der Waals surface area contributed by atoms with Gasteiger partial charge >= 0.3 is 0 Å². The normalized spacial score (nSPS) is 11.6. The van der Waals surface area contributed by atoms with Crippen molar-refractivity contribution in [3.8, 4) is 5.75 Å². The fourth-order valence-corrected chi connectivity index (χ4v) is 1.89. The number of rotatable bonds is 5. The van der Waals surface area contributed by atoms with Crippen molar-refractivity contribution in [2.45, 2.75) is 19.4 Å². The van der Waals surface area contributed by atoms with Crippen LogP contribution in [0.4, 0.5) is 4.39 Å². The van der Waals surface area contributed by atoms with Crippen molar-refractivity contribution in [2.24, 2.45) is 5.73 Å². The molecule has 0 aliphatic carbocycles. The van der Waals surface area contributed by atoms with Crippen LogP contribution >= 0.6 is 12.4 Å². The first kappa shape index (κ1) is 16.5. The van der Waals surface area contributed by atoms with Gasteiger partial charge in [-0.1, -0.05) is 30.3 Å². The highest BCUT2D eigenvalue weighted by Crippen LogP contribution is 2.18. The number of ether oxygens (including phenoxy) is 1. The van der Waals surface area contributed by atoms with E-state index >= 15 is 0 Å². The van der Waals surface area contributed by atoms with Crippen LogP contribution in [-0.2, 0) is 0 Å². The van der Waals surface area contributed by atoms with Crippen molar-refractivity contribution >= 4 is 12.4 Å². The summed E-state index contributed by atoms with van der Waals surface area (Å²) in [4.78, 5) is 0. The van der Waals surface area contributed by atoms with Crippen molar-refractivity contribution in [3.63, 3.8) is 0 Å². The third kappa shape index (κ3) is 4.51. The van der Waals surface area contributed by atoms with Crippen LogP contribution in [0, 0.1) is 12.7 Å². The van der Waals surface area contributed by atoms with Crippen molar-refractivity contribution in [3.05, 3.63) is 65.5 Å². The predicted molar refractivity (Wildman–Crippen MR) is 81.9 cm³/mol. The molecule has 0 amide bonds. The van der Waals surface area contributed by atoms with Crippen molar-refractivity contribution in [2.75, 3.05) is 6.61 Å². The van der Waals surface area contributed by atoms with Crippen molar-refractivity contribution in [1.82, 2.24) is 0 Å². The lowest BCUT2D eigenvalue weighted by atomic mass is 10.0. The van der Waals surface area contributed by atoms with E-state index in [1.807, 2.05) is 30.3 Å². The van der Waals surface area contributed by atoms with Gasteiger partial charge in [0.15, 0.2) is 0 Å². The van der Waals surface area contributed by atoms with Crippen LogP contribution < -0.4 is 10.5 Å². The summed E-state index contributed by atoms with van der Waals surface area (Å²) in [6.45, 7) is 2.29. The molecule has 0 saturated heterocycles. The van der Waals surface area contributed by atoms with Gasteiger partial charge in [-0.25, -0.2) is 4.39 Å². The molecule has 1 unspecified atom stereocenters. The maximum absolute atomic E-state index is 13.2. The molecule has 2 aromatic rings. The molecule has 2 N–H and O–H groups in total. The minimum absolute atomic E-state index is 0. The summed E-state index contributed by atoms with van der Waals surface area (Å²) in [7, 11) is 0. The third-order valence-electron chi connectivity index (χ3n) is 3.05. The summed E-state index contributed by atoms with van der Waals surface area (Å²) in [5.74, 6) is 0.640. The van der Waals surface area contributed by atoms with E-state index in [0.29, 0.717) is 18.6 Å². The zero-order chi connectivity index (χ0) is 13.7. The molecule has 0 heterocycles. The molecule has 1 atom stereocenters. The highest BCUT2D eigenvalue weighted by Gasteiger charge is 2.08. The Kier molecular flexibility index (Phi) is 6.49. The van der Waals surface area contributed by atoms with Crippen molar-refractivity contribution in [1.29, 1.82) is 0 Å². The molecule has 0 aliphatic heterocycles. The maximum atomic E-state index is 13.2. The summed E-state index contributed by atoms with van der Waals surface area (Å²) in [5, 5.41) is 0. The van der Waals surface area contributed by atoms with Gasteiger partial charge in [-0.15, -0.1) is 12.4 Å². The summed E-state index contributed by atoms with van der Waals surface area (Å²) >= 11 is 0. The second-order valence-electron chi connectivity index (χ2n) is 4.57. The Morgan fingerprint density at radius 2 is 1.85 bits per heavy atom. The van der Waals surface area contributed by atoms with Gasteiger partial charge < -0.3 is 10.5 Å². The molecule has 2 aromatic carbocycles. The monoisotopic (exact) mass is 295 g/mol. The highest BCUT2D eigenvalue weighted by atomic mass is 35.5. The number of aryl methyl sites for hydroxylation is 1. The largest absolute Gasteiger partial charge is 0.494 e. The van der Waals surface area contributed by atoms with Gasteiger partial charge in [0, 0.05) is 12.5 Å². The predicted octanol–water partition coefficient (Wildman–Crippen LogP) is 4.02. The Balaban J connectivity index is 0.00000200. The Morgan fingerprint density at radius 1 is 1.15 bits per heavy atom. The number of hydrogen-bond acceptors (Lipinski definition) is 2. The van der Waals surface area contributed by atoms with E-state index < -0.39 is 0 Å². The van der Waals surface area contributed by atoms with Gasteiger partial charge in [-0.3, -0.25) is 0 Å². The Bertz CT molecular complexity index is 533. The van der Waals surface area contributed by atoms with E-state index in [4.69, 9.17) is 10.5 Å². The van der Waals surface area contributed by atoms with Crippen LogP contribution in [0.15, 0.2) is 48.5 Å². The average molecular weight is 296 g/mol. The number of benzene rings is 2. The first-order chi connectivity index (χ1) is 9.16. The Hall–Kier alpha value is -1.58. The van der Waals surface area contributed by atoms with Crippen LogP contribution in [0.3, 0.4) is 0 Å². The first-order valence-corrected chi connectivity index (χ1v) is 6.36. The zero-order valence-electron chi connectivity index (χ0n) is 11.4. The van der Waals surface area contributed by atoms with E-state index in [1.165, 1.54) is 6.07 Å². The first-order valence-electron chi connectivity index (χ1n) is 6.36. The van der Waals surface area contributed by atoms with Gasteiger partial charge in [0.1, 0.15) is 11.6 Å². The summed E-state index contributed by atoms with van der Waals surface area (Å²) < 4.78 is 18.8. The van der Waals surface area contributed by atoms with Gasteiger partial charge in [0.05, 0.1) is 6.61 Å². The van der Waals surface area contributed by atoms with Crippen LogP contribution in [0.2, 0.25) is 0 Å². The molecule has 2 rings (SSSR count). The molecule has 0 fully saturated rings. The smallest absolute Gasteiger partial charge is 0.126 e. The maximum Gasteiger partial charge on any atom is 0.126 e. The fraction of sp³-hybridized carbons (Fsp3) is 0.250. The summed E-state index contributed by atoms with van der Waals surface area (Å²) in [5.41, 5.74) is 7.64. The van der Waals surface area contributed by atoms with Crippen LogP contribution in [-0.4, -0.2) is 6.61 Å². The topological polar surface area (TPSA) is 35.2 Å². The minimum Gasteiger partial charge on any atom is -0.494 e. The minimum atomic E-state index is -0.198. The van der Waals surface area contributed by atoms with E-state index in [9.17, 15) is 4.39 Å². The zero-order valence-corrected chi connectivity index (χ0v) is 12.2. The standard InChI is InChI=1S/C16H18FNO.ClH/c1-12-11-13(7-8-15(12)17)16(18)9-10-19-14-5-3-2-4-6-14;/h2-8,11,16H,9-10,18H2,1H3;1H. The van der Waals surface area contributed by atoms with E-state index in [-0.39, 0.29) is 24.3 Å².